The number of nitrogens with zero attached hydrogens (tertiary/aromatic N) is 3. The average Bonchev–Trinajstić information content (AvgIpc) is 2.37. The second-order valence-electron chi connectivity index (χ2n) is 5.73. The summed E-state index contributed by atoms with van der Waals surface area (Å²) >= 11 is 0. The molecule has 0 aromatic carbocycles. The fraction of sp³-hybridized carbons (Fsp3) is 0.357. The third-order valence-electron chi connectivity index (χ3n) is 2.92. The van der Waals surface area contributed by atoms with Gasteiger partial charge in [-0.05, 0) is 25.1 Å². The van der Waals surface area contributed by atoms with Crippen LogP contribution in [0.2, 0.25) is 0 Å². The lowest BCUT2D eigenvalue weighted by Gasteiger charge is -2.19. The molecular formula is C14H18N4O2S. The SMILES string of the molecule is Cc1nc(C(C)(C)C)ccc1S(=O)(=O)Nc1ccncn1. The van der Waals surface area contributed by atoms with Crippen LogP contribution in [0.3, 0.4) is 0 Å². The van der Waals surface area contributed by atoms with E-state index in [1.54, 1.807) is 19.1 Å². The molecule has 7 heteroatoms. The van der Waals surface area contributed by atoms with Gasteiger partial charge in [0.2, 0.25) is 0 Å². The number of aromatic nitrogens is 3. The van der Waals surface area contributed by atoms with Crippen LogP contribution in [0.25, 0.3) is 0 Å². The van der Waals surface area contributed by atoms with E-state index in [9.17, 15) is 8.42 Å². The van der Waals surface area contributed by atoms with Crippen molar-refractivity contribution in [3.05, 3.63) is 42.1 Å². The first kappa shape index (κ1) is 15.4. The highest BCUT2D eigenvalue weighted by atomic mass is 32.2. The summed E-state index contributed by atoms with van der Waals surface area (Å²) in [5.74, 6) is 0.226. The molecule has 2 aromatic rings. The normalized spacial score (nSPS) is 12.2. The molecule has 1 N–H and O–H groups in total. The van der Waals surface area contributed by atoms with Gasteiger partial charge in [0.15, 0.2) is 0 Å². The first-order valence-corrected chi connectivity index (χ1v) is 7.95. The summed E-state index contributed by atoms with van der Waals surface area (Å²) in [7, 11) is -3.71. The summed E-state index contributed by atoms with van der Waals surface area (Å²) in [4.78, 5) is 12.1. The highest BCUT2D eigenvalue weighted by Crippen LogP contribution is 2.24. The highest BCUT2D eigenvalue weighted by molar-refractivity contribution is 7.92. The Bertz CT molecular complexity index is 737. The van der Waals surface area contributed by atoms with Gasteiger partial charge in [0.05, 0.1) is 5.69 Å². The predicted octanol–water partition coefficient (Wildman–Crippen LogP) is 2.28. The van der Waals surface area contributed by atoms with Gasteiger partial charge in [-0.15, -0.1) is 0 Å². The summed E-state index contributed by atoms with van der Waals surface area (Å²) in [6, 6.07) is 4.80. The molecule has 0 atom stereocenters. The first-order valence-electron chi connectivity index (χ1n) is 6.47. The number of sulfonamides is 1. The number of nitrogens with one attached hydrogen (secondary N) is 1. The number of anilines is 1. The second-order valence-corrected chi connectivity index (χ2v) is 7.38. The minimum Gasteiger partial charge on any atom is -0.263 e. The lowest BCUT2D eigenvalue weighted by atomic mass is 9.91. The van der Waals surface area contributed by atoms with Crippen LogP contribution < -0.4 is 4.72 Å². The third kappa shape index (κ3) is 3.55. The Labute approximate surface area is 124 Å². The Kier molecular flexibility index (Phi) is 3.95. The summed E-state index contributed by atoms with van der Waals surface area (Å²) in [6.07, 6.45) is 2.75. The topological polar surface area (TPSA) is 84.8 Å². The largest absolute Gasteiger partial charge is 0.264 e. The summed E-state index contributed by atoms with van der Waals surface area (Å²) in [6.45, 7) is 7.77. The fourth-order valence-electron chi connectivity index (χ4n) is 1.79. The van der Waals surface area contributed by atoms with E-state index in [4.69, 9.17) is 0 Å². The van der Waals surface area contributed by atoms with Crippen LogP contribution in [-0.2, 0) is 15.4 Å². The van der Waals surface area contributed by atoms with Crippen molar-refractivity contribution < 1.29 is 8.42 Å². The van der Waals surface area contributed by atoms with Crippen LogP contribution in [0.4, 0.5) is 5.82 Å². The minimum absolute atomic E-state index is 0.132. The zero-order valence-electron chi connectivity index (χ0n) is 12.5. The number of aryl methyl sites for hydroxylation is 1. The van der Waals surface area contributed by atoms with Crippen LogP contribution in [0.15, 0.2) is 35.6 Å². The third-order valence-corrected chi connectivity index (χ3v) is 4.40. The number of hydrogen-bond donors (Lipinski definition) is 1. The van der Waals surface area contributed by atoms with Crippen molar-refractivity contribution in [3.63, 3.8) is 0 Å². The van der Waals surface area contributed by atoms with Gasteiger partial charge >= 0.3 is 0 Å². The molecule has 21 heavy (non-hydrogen) atoms. The van der Waals surface area contributed by atoms with Crippen molar-refractivity contribution >= 4 is 15.8 Å². The molecule has 0 saturated carbocycles. The molecule has 0 aliphatic carbocycles. The fourth-order valence-corrected chi connectivity index (χ4v) is 2.98. The van der Waals surface area contributed by atoms with Gasteiger partial charge < -0.3 is 0 Å². The maximum absolute atomic E-state index is 12.4. The van der Waals surface area contributed by atoms with Gasteiger partial charge in [0.1, 0.15) is 17.0 Å². The second kappa shape index (κ2) is 5.40. The number of hydrogen-bond acceptors (Lipinski definition) is 5. The monoisotopic (exact) mass is 306 g/mol. The van der Waals surface area contributed by atoms with Crippen molar-refractivity contribution in [2.45, 2.75) is 38.0 Å². The minimum atomic E-state index is -3.71. The molecule has 2 rings (SSSR count). The molecular weight excluding hydrogens is 288 g/mol. The van der Waals surface area contributed by atoms with Crippen LogP contribution in [0.1, 0.15) is 32.2 Å². The molecule has 0 fully saturated rings. The number of rotatable bonds is 3. The summed E-state index contributed by atoms with van der Waals surface area (Å²) in [5.41, 5.74) is 1.18. The maximum Gasteiger partial charge on any atom is 0.264 e. The van der Waals surface area contributed by atoms with Gasteiger partial charge in [0, 0.05) is 17.3 Å². The van der Waals surface area contributed by atoms with Crippen LogP contribution in [-0.4, -0.2) is 23.4 Å². The van der Waals surface area contributed by atoms with E-state index in [1.807, 2.05) is 20.8 Å². The standard InChI is InChI=1S/C14H18N4O2S/c1-10-11(5-6-12(17-10)14(2,3)4)21(19,20)18-13-7-8-15-9-16-13/h5-9H,1-4H3,(H,15,16,18). The van der Waals surface area contributed by atoms with Crippen molar-refractivity contribution in [3.8, 4) is 0 Å². The molecule has 0 radical (unpaired) electrons. The average molecular weight is 306 g/mol. The molecule has 2 heterocycles. The van der Waals surface area contributed by atoms with Gasteiger partial charge in [-0.25, -0.2) is 18.4 Å². The van der Waals surface area contributed by atoms with Crippen molar-refractivity contribution in [2.75, 3.05) is 4.72 Å². The molecule has 0 unspecified atom stereocenters. The molecule has 2 aromatic heterocycles. The van der Waals surface area contributed by atoms with Crippen LogP contribution in [0.5, 0.6) is 0 Å². The molecule has 0 aliphatic heterocycles. The molecule has 6 nitrogen and oxygen atoms in total. The summed E-state index contributed by atoms with van der Waals surface area (Å²) in [5, 5.41) is 0. The van der Waals surface area contributed by atoms with E-state index in [-0.39, 0.29) is 16.1 Å². The zero-order valence-corrected chi connectivity index (χ0v) is 13.3. The Hall–Kier alpha value is -2.02. The molecule has 0 saturated heterocycles. The predicted molar refractivity (Wildman–Crippen MR) is 80.5 cm³/mol. The first-order chi connectivity index (χ1) is 9.70. The molecule has 0 spiro atoms. The van der Waals surface area contributed by atoms with E-state index in [0.29, 0.717) is 5.69 Å². The Balaban J connectivity index is 2.37. The van der Waals surface area contributed by atoms with Crippen molar-refractivity contribution in [1.29, 1.82) is 0 Å². The van der Waals surface area contributed by atoms with E-state index < -0.39 is 10.0 Å². The lowest BCUT2D eigenvalue weighted by Crippen LogP contribution is -2.19. The Morgan fingerprint density at radius 2 is 1.86 bits per heavy atom. The van der Waals surface area contributed by atoms with Crippen molar-refractivity contribution in [2.24, 2.45) is 0 Å². The number of pyridine rings is 1. The molecule has 112 valence electrons. The van der Waals surface area contributed by atoms with Crippen molar-refractivity contribution in [1.82, 2.24) is 15.0 Å². The van der Waals surface area contributed by atoms with Gasteiger partial charge in [-0.1, -0.05) is 20.8 Å². The highest BCUT2D eigenvalue weighted by Gasteiger charge is 2.22. The summed E-state index contributed by atoms with van der Waals surface area (Å²) < 4.78 is 27.2. The maximum atomic E-state index is 12.4. The Morgan fingerprint density at radius 1 is 1.14 bits per heavy atom. The molecule has 0 aliphatic rings. The molecule has 0 amide bonds. The van der Waals surface area contributed by atoms with Gasteiger partial charge in [-0.3, -0.25) is 9.71 Å². The van der Waals surface area contributed by atoms with Gasteiger partial charge in [-0.2, -0.15) is 0 Å². The lowest BCUT2D eigenvalue weighted by molar-refractivity contribution is 0.563. The van der Waals surface area contributed by atoms with E-state index in [2.05, 4.69) is 19.7 Å². The smallest absolute Gasteiger partial charge is 0.263 e. The molecule has 0 bridgehead atoms. The zero-order chi connectivity index (χ0) is 15.7. The van der Waals surface area contributed by atoms with Gasteiger partial charge in [0.25, 0.3) is 10.0 Å². The van der Waals surface area contributed by atoms with E-state index in [0.717, 1.165) is 5.69 Å². The Morgan fingerprint density at radius 3 is 2.38 bits per heavy atom. The van der Waals surface area contributed by atoms with E-state index >= 15 is 0 Å². The van der Waals surface area contributed by atoms with Crippen LogP contribution in [0, 0.1) is 6.92 Å². The van der Waals surface area contributed by atoms with E-state index in [1.165, 1.54) is 18.6 Å². The quantitative estimate of drug-likeness (QED) is 0.940. The van der Waals surface area contributed by atoms with Crippen LogP contribution >= 0.6 is 0 Å².